The van der Waals surface area contributed by atoms with Gasteiger partial charge in [0.05, 0.1) is 25.2 Å². The summed E-state index contributed by atoms with van der Waals surface area (Å²) in [5, 5.41) is 0. The van der Waals surface area contributed by atoms with E-state index >= 15 is 0 Å². The van der Waals surface area contributed by atoms with E-state index in [1.165, 1.54) is 64.2 Å². The Morgan fingerprint density at radius 2 is 1.00 bits per heavy atom. The zero-order valence-electron chi connectivity index (χ0n) is 18.7. The lowest BCUT2D eigenvalue weighted by atomic mass is 10.0. The maximum absolute atomic E-state index is 9.30. The molecule has 0 atom stereocenters. The van der Waals surface area contributed by atoms with Crippen LogP contribution in [0.2, 0.25) is 6.04 Å². The predicted molar refractivity (Wildman–Crippen MR) is 114 cm³/mol. The standard InChI is InChI=1S/C21H48NO3Si.ClH/c1-6-7-8-9-10-11-12-13-14-15-17-22(20(2)3,21(4)5)18-16-19-26(23,24)25;/h20-21,23-25H,6-19H2,1-5H3;1H/q+1;/p-1. The summed E-state index contributed by atoms with van der Waals surface area (Å²) in [5.41, 5.74) is 0. The molecule has 3 N–H and O–H groups in total. The molecule has 0 saturated heterocycles. The van der Waals surface area contributed by atoms with Crippen LogP contribution >= 0.6 is 0 Å². The largest absolute Gasteiger partial charge is 1.00 e. The minimum absolute atomic E-state index is 0. The van der Waals surface area contributed by atoms with Gasteiger partial charge in [-0.05, 0) is 40.5 Å². The van der Waals surface area contributed by atoms with Crippen LogP contribution in [-0.4, -0.2) is 52.8 Å². The lowest BCUT2D eigenvalue weighted by molar-refractivity contribution is -0.967. The normalized spacial score (nSPS) is 12.7. The fourth-order valence-corrected chi connectivity index (χ4v) is 4.88. The van der Waals surface area contributed by atoms with Crippen molar-refractivity contribution in [1.82, 2.24) is 0 Å². The van der Waals surface area contributed by atoms with Crippen molar-refractivity contribution in [2.75, 3.05) is 13.1 Å². The SMILES string of the molecule is CCCCCCCCCCCC[N+](CCC[Si](O)(O)O)(C(C)C)C(C)C.[Cl-]. The molecule has 0 aliphatic carbocycles. The molecule has 0 aliphatic heterocycles. The fourth-order valence-electron chi connectivity index (χ4n) is 4.25. The number of quaternary nitrogens is 1. The highest BCUT2D eigenvalue weighted by Crippen LogP contribution is 2.24. The molecule has 0 saturated carbocycles. The van der Waals surface area contributed by atoms with Gasteiger partial charge in [0.1, 0.15) is 0 Å². The van der Waals surface area contributed by atoms with Gasteiger partial charge in [-0.15, -0.1) is 0 Å². The Morgan fingerprint density at radius 3 is 1.37 bits per heavy atom. The van der Waals surface area contributed by atoms with E-state index in [-0.39, 0.29) is 18.5 Å². The molecule has 4 nitrogen and oxygen atoms in total. The van der Waals surface area contributed by atoms with E-state index < -0.39 is 8.80 Å². The molecule has 0 bridgehead atoms. The molecule has 166 valence electrons. The third-order valence-electron chi connectivity index (χ3n) is 6.07. The summed E-state index contributed by atoms with van der Waals surface area (Å²) in [6.45, 7) is 13.4. The first-order valence-corrected chi connectivity index (χ1v) is 13.2. The van der Waals surface area contributed by atoms with E-state index in [4.69, 9.17) is 0 Å². The quantitative estimate of drug-likeness (QED) is 0.189. The van der Waals surface area contributed by atoms with Crippen molar-refractivity contribution < 1.29 is 31.3 Å². The molecule has 0 unspecified atom stereocenters. The second-order valence-corrected chi connectivity index (χ2v) is 10.8. The number of halogens is 1. The number of unbranched alkanes of at least 4 members (excludes halogenated alkanes) is 9. The van der Waals surface area contributed by atoms with Crippen LogP contribution in [0.5, 0.6) is 0 Å². The Kier molecular flexibility index (Phi) is 17.7. The van der Waals surface area contributed by atoms with E-state index in [9.17, 15) is 14.4 Å². The molecule has 0 spiro atoms. The minimum Gasteiger partial charge on any atom is -1.00 e. The van der Waals surface area contributed by atoms with Crippen molar-refractivity contribution in [3.8, 4) is 0 Å². The highest BCUT2D eigenvalue weighted by atomic mass is 35.5. The van der Waals surface area contributed by atoms with Gasteiger partial charge in [-0.3, -0.25) is 0 Å². The predicted octanol–water partition coefficient (Wildman–Crippen LogP) is 1.85. The van der Waals surface area contributed by atoms with Gasteiger partial charge in [-0.2, -0.15) is 0 Å². The number of nitrogens with zero attached hydrogens (tertiary/aromatic N) is 1. The van der Waals surface area contributed by atoms with E-state index in [0.29, 0.717) is 18.5 Å². The monoisotopic (exact) mass is 425 g/mol. The molecule has 27 heavy (non-hydrogen) atoms. The third-order valence-corrected chi connectivity index (χ3v) is 7.10. The summed E-state index contributed by atoms with van der Waals surface area (Å²) in [6, 6.07) is 1.19. The minimum atomic E-state index is -3.90. The van der Waals surface area contributed by atoms with Crippen molar-refractivity contribution in [2.24, 2.45) is 0 Å². The molecule has 0 rings (SSSR count). The fraction of sp³-hybridized carbons (Fsp3) is 1.00. The molecule has 0 heterocycles. The highest BCUT2D eigenvalue weighted by molar-refractivity contribution is 6.56. The van der Waals surface area contributed by atoms with Gasteiger partial charge in [0.15, 0.2) is 0 Å². The van der Waals surface area contributed by atoms with Crippen LogP contribution in [-0.2, 0) is 0 Å². The Morgan fingerprint density at radius 1 is 0.630 bits per heavy atom. The lowest BCUT2D eigenvalue weighted by Gasteiger charge is -2.46. The maximum Gasteiger partial charge on any atom is 0.492 e. The molecular weight excluding hydrogens is 378 g/mol. The number of hydrogen-bond acceptors (Lipinski definition) is 3. The molecule has 0 aliphatic rings. The average Bonchev–Trinajstić information content (AvgIpc) is 2.53. The van der Waals surface area contributed by atoms with Gasteiger partial charge in [0.25, 0.3) is 0 Å². The Balaban J connectivity index is 0. The van der Waals surface area contributed by atoms with E-state index in [0.717, 1.165) is 17.6 Å². The van der Waals surface area contributed by atoms with Crippen molar-refractivity contribution in [3.05, 3.63) is 0 Å². The van der Waals surface area contributed by atoms with Crippen LogP contribution in [0.4, 0.5) is 0 Å². The molecule has 0 aromatic carbocycles. The lowest BCUT2D eigenvalue weighted by Crippen LogP contribution is -3.00. The number of rotatable bonds is 17. The molecule has 0 fully saturated rings. The van der Waals surface area contributed by atoms with Crippen molar-refractivity contribution in [3.63, 3.8) is 0 Å². The molecular formula is C21H48ClNO3Si. The van der Waals surface area contributed by atoms with Gasteiger partial charge < -0.3 is 31.3 Å². The maximum atomic E-state index is 9.30. The van der Waals surface area contributed by atoms with Gasteiger partial charge in [0, 0.05) is 12.5 Å². The second kappa shape index (κ2) is 16.2. The molecule has 0 radical (unpaired) electrons. The second-order valence-electron chi connectivity index (χ2n) is 8.80. The Labute approximate surface area is 176 Å². The van der Waals surface area contributed by atoms with Crippen molar-refractivity contribution >= 4 is 8.80 Å². The summed E-state index contributed by atoms with van der Waals surface area (Å²) in [4.78, 5) is 27.9. The third kappa shape index (κ3) is 14.0. The molecule has 6 heteroatoms. The van der Waals surface area contributed by atoms with Crippen LogP contribution in [0.25, 0.3) is 0 Å². The van der Waals surface area contributed by atoms with E-state index in [1.54, 1.807) is 0 Å². The highest BCUT2D eigenvalue weighted by Gasteiger charge is 2.35. The van der Waals surface area contributed by atoms with E-state index in [2.05, 4.69) is 34.6 Å². The van der Waals surface area contributed by atoms with Crippen LogP contribution < -0.4 is 12.4 Å². The molecule has 0 aromatic rings. The number of hydrogen-bond donors (Lipinski definition) is 3. The molecule has 0 amide bonds. The Bertz CT molecular complexity index is 328. The van der Waals surface area contributed by atoms with Crippen molar-refractivity contribution in [2.45, 2.75) is 123 Å². The van der Waals surface area contributed by atoms with Crippen LogP contribution in [0.3, 0.4) is 0 Å². The summed E-state index contributed by atoms with van der Waals surface area (Å²) >= 11 is 0. The van der Waals surface area contributed by atoms with Crippen molar-refractivity contribution in [1.29, 1.82) is 0 Å². The van der Waals surface area contributed by atoms with Gasteiger partial charge >= 0.3 is 8.80 Å². The van der Waals surface area contributed by atoms with Crippen LogP contribution in [0.1, 0.15) is 105 Å². The Hall–Kier alpha value is 0.347. The summed E-state index contributed by atoms with van der Waals surface area (Å²) < 4.78 is 1.02. The van der Waals surface area contributed by atoms with E-state index in [1.807, 2.05) is 0 Å². The smallest absolute Gasteiger partial charge is 0.492 e. The summed E-state index contributed by atoms with van der Waals surface area (Å²) in [7, 11) is -3.90. The first-order chi connectivity index (χ1) is 12.2. The van der Waals surface area contributed by atoms with Crippen LogP contribution in [0, 0.1) is 0 Å². The first kappa shape index (κ1) is 29.5. The van der Waals surface area contributed by atoms with Crippen LogP contribution in [0.15, 0.2) is 0 Å². The summed E-state index contributed by atoms with van der Waals surface area (Å²) in [6.07, 6.45) is 14.2. The zero-order chi connectivity index (χ0) is 20.1. The average molecular weight is 426 g/mol. The molecule has 0 aromatic heterocycles. The first-order valence-electron chi connectivity index (χ1n) is 11.2. The topological polar surface area (TPSA) is 60.7 Å². The van der Waals surface area contributed by atoms with Gasteiger partial charge in [-0.1, -0.05) is 58.3 Å². The summed E-state index contributed by atoms with van der Waals surface area (Å²) in [5.74, 6) is 0. The van der Waals surface area contributed by atoms with Gasteiger partial charge in [0.2, 0.25) is 0 Å². The van der Waals surface area contributed by atoms with Gasteiger partial charge in [-0.25, -0.2) is 0 Å². The zero-order valence-corrected chi connectivity index (χ0v) is 20.5.